The predicted octanol–water partition coefficient (Wildman–Crippen LogP) is 2.85. The maximum atomic E-state index is 12.6. The number of rotatable bonds is 8. The van der Waals surface area contributed by atoms with E-state index in [1.807, 2.05) is 36.4 Å². The van der Waals surface area contributed by atoms with Crippen LogP contribution in [0.1, 0.15) is 29.2 Å². The molecule has 0 heterocycles. The van der Waals surface area contributed by atoms with E-state index in [1.165, 1.54) is 0 Å². The highest BCUT2D eigenvalue weighted by molar-refractivity contribution is 6.39. The van der Waals surface area contributed by atoms with Crippen molar-refractivity contribution in [3.05, 3.63) is 95.6 Å². The highest BCUT2D eigenvalue weighted by atomic mass is 16.3. The number of carbonyl (C=O) groups excluding carboxylic acids is 3. The molecule has 0 fully saturated rings. The summed E-state index contributed by atoms with van der Waals surface area (Å²) in [6, 6.07) is 22.5. The van der Waals surface area contributed by atoms with Crippen LogP contribution in [0.15, 0.2) is 78.9 Å². The summed E-state index contributed by atoms with van der Waals surface area (Å²) in [6.45, 7) is 0. The number of aromatic hydroxyl groups is 1. The molecule has 5 N–H and O–H groups in total. The molecular formula is C25H25N3O4. The fourth-order valence-corrected chi connectivity index (χ4v) is 3.29. The molecule has 3 amide bonds. The Balaban J connectivity index is 1.66. The summed E-state index contributed by atoms with van der Waals surface area (Å²) >= 11 is 0. The van der Waals surface area contributed by atoms with Crippen LogP contribution >= 0.6 is 0 Å². The third-order valence-corrected chi connectivity index (χ3v) is 4.94. The molecule has 0 saturated carbocycles. The molecule has 0 aliphatic rings. The summed E-state index contributed by atoms with van der Waals surface area (Å²) < 4.78 is 0. The number of primary amides is 1. The van der Waals surface area contributed by atoms with Crippen molar-refractivity contribution < 1.29 is 19.5 Å². The van der Waals surface area contributed by atoms with Crippen molar-refractivity contribution in [2.24, 2.45) is 5.73 Å². The van der Waals surface area contributed by atoms with Gasteiger partial charge in [-0.3, -0.25) is 14.4 Å². The van der Waals surface area contributed by atoms with Gasteiger partial charge in [0.2, 0.25) is 5.91 Å². The number of phenolic OH excluding ortho intramolecular Hbond substituents is 1. The van der Waals surface area contributed by atoms with Gasteiger partial charge >= 0.3 is 11.8 Å². The molecule has 0 saturated heterocycles. The van der Waals surface area contributed by atoms with Crippen molar-refractivity contribution >= 4 is 23.4 Å². The van der Waals surface area contributed by atoms with E-state index >= 15 is 0 Å². The number of phenols is 1. The topological polar surface area (TPSA) is 122 Å². The van der Waals surface area contributed by atoms with Crippen molar-refractivity contribution in [2.75, 3.05) is 5.32 Å². The average Bonchev–Trinajstić information content (AvgIpc) is 2.78. The molecule has 1 unspecified atom stereocenters. The summed E-state index contributed by atoms with van der Waals surface area (Å²) in [7, 11) is 0. The minimum absolute atomic E-state index is 0.137. The van der Waals surface area contributed by atoms with Crippen LogP contribution in [-0.2, 0) is 27.2 Å². The standard InChI is InChI=1S/C25H25N3O4/c26-23(30)14-11-17-9-12-20(13-10-17)27-24(31)25(32)28-22(19-6-2-1-3-7-19)16-18-5-4-8-21(29)15-18/h1-10,12-13,15,22,29H,11,14,16H2,(H2,26,30)(H,27,31)(H,28,32). The normalized spacial score (nSPS) is 11.4. The number of carbonyl (C=O) groups is 3. The molecular weight excluding hydrogens is 406 g/mol. The number of hydrogen-bond acceptors (Lipinski definition) is 4. The van der Waals surface area contributed by atoms with Gasteiger partial charge in [-0.25, -0.2) is 0 Å². The Morgan fingerprint density at radius 2 is 1.56 bits per heavy atom. The largest absolute Gasteiger partial charge is 0.508 e. The SMILES string of the molecule is NC(=O)CCc1ccc(NC(=O)C(=O)NC(Cc2cccc(O)c2)c2ccccc2)cc1. The predicted molar refractivity (Wildman–Crippen MR) is 122 cm³/mol. The van der Waals surface area contributed by atoms with E-state index in [-0.39, 0.29) is 18.1 Å². The van der Waals surface area contributed by atoms with Gasteiger partial charge in [-0.05, 0) is 53.8 Å². The molecule has 7 nitrogen and oxygen atoms in total. The Hall–Kier alpha value is -4.13. The van der Waals surface area contributed by atoms with E-state index in [9.17, 15) is 19.5 Å². The highest BCUT2D eigenvalue weighted by Gasteiger charge is 2.20. The Morgan fingerprint density at radius 3 is 2.22 bits per heavy atom. The van der Waals surface area contributed by atoms with Crippen molar-refractivity contribution in [3.63, 3.8) is 0 Å². The van der Waals surface area contributed by atoms with E-state index in [2.05, 4.69) is 10.6 Å². The number of benzene rings is 3. The summed E-state index contributed by atoms with van der Waals surface area (Å²) in [6.07, 6.45) is 1.16. The molecule has 0 radical (unpaired) electrons. The van der Waals surface area contributed by atoms with E-state index in [0.717, 1.165) is 16.7 Å². The monoisotopic (exact) mass is 431 g/mol. The summed E-state index contributed by atoms with van der Waals surface area (Å²) in [5.74, 6) is -1.79. The molecule has 32 heavy (non-hydrogen) atoms. The van der Waals surface area contributed by atoms with E-state index in [1.54, 1.807) is 42.5 Å². The molecule has 3 rings (SSSR count). The van der Waals surface area contributed by atoms with Crippen molar-refractivity contribution in [1.82, 2.24) is 5.32 Å². The quantitative estimate of drug-likeness (QED) is 0.410. The Labute approximate surface area is 186 Å². The number of hydrogen-bond donors (Lipinski definition) is 4. The van der Waals surface area contributed by atoms with Crippen LogP contribution in [0.2, 0.25) is 0 Å². The molecule has 0 bridgehead atoms. The van der Waals surface area contributed by atoms with Crippen LogP contribution in [0, 0.1) is 0 Å². The second kappa shape index (κ2) is 10.8. The second-order valence-electron chi connectivity index (χ2n) is 7.43. The van der Waals surface area contributed by atoms with Gasteiger partial charge in [0.05, 0.1) is 6.04 Å². The molecule has 0 aromatic heterocycles. The van der Waals surface area contributed by atoms with Crippen LogP contribution < -0.4 is 16.4 Å². The van der Waals surface area contributed by atoms with Crippen LogP contribution in [0.25, 0.3) is 0 Å². The first-order chi connectivity index (χ1) is 15.4. The Bertz CT molecular complexity index is 1080. The van der Waals surface area contributed by atoms with Gasteiger partial charge in [-0.15, -0.1) is 0 Å². The zero-order valence-corrected chi connectivity index (χ0v) is 17.5. The van der Waals surface area contributed by atoms with Gasteiger partial charge in [0.1, 0.15) is 5.75 Å². The lowest BCUT2D eigenvalue weighted by atomic mass is 9.98. The maximum Gasteiger partial charge on any atom is 0.313 e. The van der Waals surface area contributed by atoms with Gasteiger partial charge in [0.15, 0.2) is 0 Å². The molecule has 0 spiro atoms. The zero-order valence-electron chi connectivity index (χ0n) is 17.5. The van der Waals surface area contributed by atoms with Gasteiger partial charge < -0.3 is 21.5 Å². The Kier molecular flexibility index (Phi) is 7.59. The molecule has 164 valence electrons. The first-order valence-corrected chi connectivity index (χ1v) is 10.2. The smallest absolute Gasteiger partial charge is 0.313 e. The highest BCUT2D eigenvalue weighted by Crippen LogP contribution is 2.21. The lowest BCUT2D eigenvalue weighted by Gasteiger charge is -2.19. The van der Waals surface area contributed by atoms with Crippen LogP contribution in [0.4, 0.5) is 5.69 Å². The zero-order chi connectivity index (χ0) is 22.9. The fraction of sp³-hybridized carbons (Fsp3) is 0.160. The molecule has 0 aliphatic carbocycles. The van der Waals surface area contributed by atoms with Gasteiger partial charge in [0.25, 0.3) is 0 Å². The van der Waals surface area contributed by atoms with Crippen LogP contribution in [0.3, 0.4) is 0 Å². The van der Waals surface area contributed by atoms with Gasteiger partial charge in [-0.1, -0.05) is 54.6 Å². The maximum absolute atomic E-state index is 12.6. The number of nitrogens with two attached hydrogens (primary N) is 1. The van der Waals surface area contributed by atoms with Crippen LogP contribution in [0.5, 0.6) is 5.75 Å². The van der Waals surface area contributed by atoms with Gasteiger partial charge in [0, 0.05) is 12.1 Å². The number of amides is 3. The lowest BCUT2D eigenvalue weighted by Crippen LogP contribution is -2.38. The Morgan fingerprint density at radius 1 is 0.844 bits per heavy atom. The average molecular weight is 431 g/mol. The summed E-state index contributed by atoms with van der Waals surface area (Å²) in [4.78, 5) is 36.0. The number of anilines is 1. The first-order valence-electron chi connectivity index (χ1n) is 10.2. The molecule has 3 aromatic rings. The van der Waals surface area contributed by atoms with E-state index < -0.39 is 17.9 Å². The third kappa shape index (κ3) is 6.70. The fourth-order valence-electron chi connectivity index (χ4n) is 3.29. The molecule has 3 aromatic carbocycles. The summed E-state index contributed by atoms with van der Waals surface area (Å²) in [5.41, 5.74) is 8.20. The van der Waals surface area contributed by atoms with Gasteiger partial charge in [-0.2, -0.15) is 0 Å². The van der Waals surface area contributed by atoms with E-state index in [0.29, 0.717) is 18.5 Å². The van der Waals surface area contributed by atoms with Crippen LogP contribution in [-0.4, -0.2) is 22.8 Å². The molecule has 1 atom stereocenters. The minimum Gasteiger partial charge on any atom is -0.508 e. The molecule has 0 aliphatic heterocycles. The van der Waals surface area contributed by atoms with Crippen molar-refractivity contribution in [2.45, 2.75) is 25.3 Å². The first kappa shape index (κ1) is 22.6. The van der Waals surface area contributed by atoms with E-state index in [4.69, 9.17) is 5.73 Å². The number of nitrogens with one attached hydrogen (secondary N) is 2. The minimum atomic E-state index is -0.785. The third-order valence-electron chi connectivity index (χ3n) is 4.94. The molecule has 7 heteroatoms. The second-order valence-corrected chi connectivity index (χ2v) is 7.43. The lowest BCUT2D eigenvalue weighted by molar-refractivity contribution is -0.136. The number of aryl methyl sites for hydroxylation is 1. The van der Waals surface area contributed by atoms with Crippen molar-refractivity contribution in [3.8, 4) is 5.75 Å². The summed E-state index contributed by atoms with van der Waals surface area (Å²) in [5, 5.41) is 15.1. The van der Waals surface area contributed by atoms with Crippen molar-refractivity contribution in [1.29, 1.82) is 0 Å².